The Kier molecular flexibility index (Phi) is 37.7. The van der Waals surface area contributed by atoms with Crippen LogP contribution in [-0.2, 0) is 0 Å². The molecule has 0 aromatic rings. The van der Waals surface area contributed by atoms with Gasteiger partial charge in [0.15, 0.2) is 0 Å². The molecule has 0 atom stereocenters. The average Bonchev–Trinajstić information content (AvgIpc) is 2.42. The summed E-state index contributed by atoms with van der Waals surface area (Å²) in [5.74, 6) is 0. The van der Waals surface area contributed by atoms with E-state index < -0.39 is 0 Å². The Morgan fingerprint density at radius 1 is 0.722 bits per heavy atom. The van der Waals surface area contributed by atoms with Crippen molar-refractivity contribution in [3.05, 3.63) is 24.8 Å². The van der Waals surface area contributed by atoms with Crippen molar-refractivity contribution in [2.45, 2.75) is 92.4 Å². The van der Waals surface area contributed by atoms with Gasteiger partial charge in [0.1, 0.15) is 0 Å². The lowest BCUT2D eigenvalue weighted by Crippen LogP contribution is -1.66. The summed E-state index contributed by atoms with van der Waals surface area (Å²) in [5, 5.41) is 0. The first kappa shape index (κ1) is 22.6. The number of hydrogen-bond acceptors (Lipinski definition) is 0. The van der Waals surface area contributed by atoms with Gasteiger partial charge in [-0.3, -0.25) is 0 Å². The van der Waals surface area contributed by atoms with E-state index in [4.69, 9.17) is 0 Å². The van der Waals surface area contributed by atoms with E-state index in [1.54, 1.807) is 0 Å². The van der Waals surface area contributed by atoms with E-state index in [-0.39, 0.29) is 0 Å². The Hall–Kier alpha value is -0.520. The van der Waals surface area contributed by atoms with Gasteiger partial charge in [-0.1, -0.05) is 90.9 Å². The van der Waals surface area contributed by atoms with Gasteiger partial charge in [-0.05, 0) is 19.8 Å². The zero-order chi connectivity index (χ0) is 14.5. The SMILES string of the molecule is C=CCCCC.CC=CCCC.CCCCCC. The van der Waals surface area contributed by atoms with Crippen LogP contribution in [0.1, 0.15) is 92.4 Å². The maximum atomic E-state index is 3.60. The normalized spacial score (nSPS) is 9.17. The topological polar surface area (TPSA) is 0 Å². The van der Waals surface area contributed by atoms with Crippen molar-refractivity contribution in [3.63, 3.8) is 0 Å². The van der Waals surface area contributed by atoms with Gasteiger partial charge < -0.3 is 0 Å². The first-order valence-corrected chi connectivity index (χ1v) is 7.96. The minimum absolute atomic E-state index is 1.18. The van der Waals surface area contributed by atoms with Crippen LogP contribution in [0.15, 0.2) is 24.8 Å². The smallest absolute Gasteiger partial charge is 0.0353 e. The second-order valence-corrected chi connectivity index (χ2v) is 4.50. The third kappa shape index (κ3) is 45.1. The first-order valence-electron chi connectivity index (χ1n) is 7.96. The van der Waals surface area contributed by atoms with Gasteiger partial charge in [-0.25, -0.2) is 0 Å². The summed E-state index contributed by atoms with van der Waals surface area (Å²) in [5.41, 5.74) is 0. The van der Waals surface area contributed by atoms with Gasteiger partial charge in [0.25, 0.3) is 0 Å². The molecule has 0 aromatic carbocycles. The highest BCUT2D eigenvalue weighted by atomic mass is 13.8. The van der Waals surface area contributed by atoms with Gasteiger partial charge in [0, 0.05) is 0 Å². The lowest BCUT2D eigenvalue weighted by Gasteiger charge is -1.86. The Bertz CT molecular complexity index is 129. The Morgan fingerprint density at radius 3 is 1.39 bits per heavy atom. The summed E-state index contributed by atoms with van der Waals surface area (Å²) >= 11 is 0. The standard InChI is InChI=1S/C6H14.2C6H12/c3*1-3-5-6-4-2/h3-6H2,1-2H3;3,5H,4,6H2,1-2H3;3H,1,4-6H2,2H3. The minimum Gasteiger partial charge on any atom is -0.103 e. The Balaban J connectivity index is -0.000000187. The van der Waals surface area contributed by atoms with Crippen LogP contribution >= 0.6 is 0 Å². The monoisotopic (exact) mass is 254 g/mol. The van der Waals surface area contributed by atoms with Gasteiger partial charge in [-0.15, -0.1) is 6.58 Å². The molecule has 0 saturated heterocycles. The molecule has 0 nitrogen and oxygen atoms in total. The fraction of sp³-hybridized carbons (Fsp3) is 0.778. The molecule has 18 heavy (non-hydrogen) atoms. The highest BCUT2D eigenvalue weighted by molar-refractivity contribution is 4.75. The van der Waals surface area contributed by atoms with Crippen LogP contribution in [0.25, 0.3) is 0 Å². The number of rotatable bonds is 8. The third-order valence-electron chi connectivity index (χ3n) is 2.41. The van der Waals surface area contributed by atoms with E-state index >= 15 is 0 Å². The summed E-state index contributed by atoms with van der Waals surface area (Å²) in [7, 11) is 0. The molecule has 0 bridgehead atoms. The zero-order valence-corrected chi connectivity index (χ0v) is 13.8. The van der Waals surface area contributed by atoms with Crippen molar-refractivity contribution in [1.29, 1.82) is 0 Å². The molecule has 0 radical (unpaired) electrons. The molecular weight excluding hydrogens is 216 g/mol. The van der Waals surface area contributed by atoms with Crippen LogP contribution in [0.3, 0.4) is 0 Å². The van der Waals surface area contributed by atoms with Crippen molar-refractivity contribution >= 4 is 0 Å². The lowest BCUT2D eigenvalue weighted by molar-refractivity contribution is 0.702. The van der Waals surface area contributed by atoms with Crippen molar-refractivity contribution in [2.24, 2.45) is 0 Å². The summed E-state index contributed by atoms with van der Waals surface area (Å²) in [6.45, 7) is 14.5. The highest BCUT2D eigenvalue weighted by Crippen LogP contribution is 1.95. The molecule has 110 valence electrons. The molecule has 0 unspecified atom stereocenters. The second-order valence-electron chi connectivity index (χ2n) is 4.50. The molecule has 0 fully saturated rings. The molecule has 0 rings (SSSR count). The maximum absolute atomic E-state index is 3.60. The average molecular weight is 255 g/mol. The van der Waals surface area contributed by atoms with Crippen molar-refractivity contribution in [2.75, 3.05) is 0 Å². The van der Waals surface area contributed by atoms with E-state index in [0.29, 0.717) is 0 Å². The lowest BCUT2D eigenvalue weighted by atomic mass is 10.2. The number of unbranched alkanes of at least 4 members (excludes halogenated alkanes) is 6. The first-order chi connectivity index (χ1) is 8.74. The van der Waals surface area contributed by atoms with E-state index in [1.165, 1.54) is 57.8 Å². The van der Waals surface area contributed by atoms with Crippen LogP contribution in [0.5, 0.6) is 0 Å². The summed E-state index contributed by atoms with van der Waals surface area (Å²) in [6, 6.07) is 0. The summed E-state index contributed by atoms with van der Waals surface area (Å²) < 4.78 is 0. The van der Waals surface area contributed by atoms with Crippen molar-refractivity contribution in [1.82, 2.24) is 0 Å². The fourth-order valence-electron chi connectivity index (χ4n) is 1.18. The predicted octanol–water partition coefficient (Wildman–Crippen LogP) is 7.31. The summed E-state index contributed by atoms with van der Waals surface area (Å²) in [6.07, 6.45) is 18.0. The molecule has 0 N–H and O–H groups in total. The van der Waals surface area contributed by atoms with E-state index in [1.807, 2.05) is 6.08 Å². The van der Waals surface area contributed by atoms with Crippen LogP contribution < -0.4 is 0 Å². The van der Waals surface area contributed by atoms with Crippen molar-refractivity contribution < 1.29 is 0 Å². The third-order valence-corrected chi connectivity index (χ3v) is 2.41. The fourth-order valence-corrected chi connectivity index (χ4v) is 1.18. The molecule has 0 heteroatoms. The molecule has 0 aliphatic carbocycles. The zero-order valence-electron chi connectivity index (χ0n) is 13.8. The van der Waals surface area contributed by atoms with E-state index in [2.05, 4.69) is 53.3 Å². The summed E-state index contributed by atoms with van der Waals surface area (Å²) in [4.78, 5) is 0. The quantitative estimate of drug-likeness (QED) is 0.314. The molecule has 0 amide bonds. The van der Waals surface area contributed by atoms with Gasteiger partial charge in [0.2, 0.25) is 0 Å². The van der Waals surface area contributed by atoms with Gasteiger partial charge >= 0.3 is 0 Å². The van der Waals surface area contributed by atoms with Crippen molar-refractivity contribution in [3.8, 4) is 0 Å². The minimum atomic E-state index is 1.18. The molecular formula is C18H38. The maximum Gasteiger partial charge on any atom is -0.0353 e. The van der Waals surface area contributed by atoms with Crippen LogP contribution in [0.2, 0.25) is 0 Å². The van der Waals surface area contributed by atoms with Crippen LogP contribution in [0, 0.1) is 0 Å². The van der Waals surface area contributed by atoms with Gasteiger partial charge in [0.05, 0.1) is 0 Å². The molecule has 0 aliphatic heterocycles. The predicted molar refractivity (Wildman–Crippen MR) is 89.3 cm³/mol. The number of allylic oxidation sites excluding steroid dienone is 3. The highest BCUT2D eigenvalue weighted by Gasteiger charge is 1.75. The molecule has 0 spiro atoms. The van der Waals surface area contributed by atoms with Crippen LogP contribution in [0.4, 0.5) is 0 Å². The molecule has 0 saturated carbocycles. The second kappa shape index (κ2) is 30.0. The number of hydrogen-bond donors (Lipinski definition) is 0. The van der Waals surface area contributed by atoms with E-state index in [0.717, 1.165) is 0 Å². The largest absolute Gasteiger partial charge is 0.103 e. The Morgan fingerprint density at radius 2 is 1.22 bits per heavy atom. The Labute approximate surface area is 118 Å². The van der Waals surface area contributed by atoms with Crippen LogP contribution in [-0.4, -0.2) is 0 Å². The van der Waals surface area contributed by atoms with Gasteiger partial charge in [-0.2, -0.15) is 0 Å². The molecule has 0 aliphatic rings. The van der Waals surface area contributed by atoms with E-state index in [9.17, 15) is 0 Å². The molecule has 0 aromatic heterocycles. The molecule has 0 heterocycles.